The van der Waals surface area contributed by atoms with Crippen LogP contribution in [0.5, 0.6) is 28.7 Å². The molecular formula is C25H36NO7+. The third-order valence-electron chi connectivity index (χ3n) is 5.19. The first-order valence-corrected chi connectivity index (χ1v) is 10.8. The van der Waals surface area contributed by atoms with Gasteiger partial charge in [-0.25, -0.2) is 0 Å². The molecule has 0 amide bonds. The van der Waals surface area contributed by atoms with E-state index in [4.69, 9.17) is 33.2 Å². The average molecular weight is 463 g/mol. The van der Waals surface area contributed by atoms with Crippen molar-refractivity contribution in [3.8, 4) is 28.7 Å². The molecule has 2 N–H and O–H groups in total. The number of rotatable bonds is 7. The molecular weight excluding hydrogens is 426 g/mol. The highest BCUT2D eigenvalue weighted by molar-refractivity contribution is 5.80. The highest BCUT2D eigenvalue weighted by atomic mass is 16.5. The fraction of sp³-hybridized carbons (Fsp3) is 0.440. The lowest BCUT2D eigenvalue weighted by Gasteiger charge is -2.17. The Hall–Kier alpha value is -2.94. The Morgan fingerprint density at radius 1 is 0.788 bits per heavy atom. The van der Waals surface area contributed by atoms with E-state index in [1.807, 2.05) is 43.4 Å². The van der Waals surface area contributed by atoms with Crippen LogP contribution >= 0.6 is 0 Å². The van der Waals surface area contributed by atoms with Gasteiger partial charge in [-0.3, -0.25) is 5.32 Å². The van der Waals surface area contributed by atoms with Crippen molar-refractivity contribution >= 4 is 11.8 Å². The molecule has 0 fully saturated rings. The van der Waals surface area contributed by atoms with Crippen LogP contribution in [-0.2, 0) is 16.1 Å². The summed E-state index contributed by atoms with van der Waals surface area (Å²) in [5.74, 6) is 2.99. The van der Waals surface area contributed by atoms with Crippen LogP contribution in [0.15, 0.2) is 24.3 Å². The molecule has 1 atom stereocenters. The summed E-state index contributed by atoms with van der Waals surface area (Å²) in [4.78, 5) is 0. The third kappa shape index (κ3) is 5.90. The molecule has 1 aliphatic rings. The molecule has 0 spiro atoms. The number of nitrogens with two attached hydrogens (primary N) is 1. The standard InChI is InChI=1S/C23H29NO7.C2H6/c1-25-18-8-7-14-9-17(15-10-19(26-2)23(30-6)20(11-15)27-3)24-21(28-4)13-31-12-16(14)22(18)29-5;1-2/h7-11,21,24H,12-13H2,1-6H3;1-2H3/p+1/b17-9-;. The highest BCUT2D eigenvalue weighted by Gasteiger charge is 2.24. The number of fused-ring (bicyclic) bond motifs is 1. The molecule has 1 aliphatic heterocycles. The minimum atomic E-state index is -0.243. The zero-order chi connectivity index (χ0) is 24.4. The number of quaternary nitrogens is 1. The Balaban J connectivity index is 0.00000187. The first-order chi connectivity index (χ1) is 16.1. The number of benzene rings is 2. The smallest absolute Gasteiger partial charge is 0.218 e. The van der Waals surface area contributed by atoms with Gasteiger partial charge in [0.05, 0.1) is 42.2 Å². The maximum Gasteiger partial charge on any atom is 0.218 e. The van der Waals surface area contributed by atoms with Crippen molar-refractivity contribution in [2.75, 3.05) is 49.3 Å². The lowest BCUT2D eigenvalue weighted by Crippen LogP contribution is -2.88. The number of hydrogen-bond acceptors (Lipinski definition) is 7. The Bertz CT molecular complexity index is 918. The van der Waals surface area contributed by atoms with Gasteiger partial charge in [0.15, 0.2) is 23.0 Å². The maximum atomic E-state index is 5.94. The lowest BCUT2D eigenvalue weighted by molar-refractivity contribution is -0.649. The fourth-order valence-electron chi connectivity index (χ4n) is 3.59. The quantitative estimate of drug-likeness (QED) is 0.676. The van der Waals surface area contributed by atoms with Crippen LogP contribution < -0.4 is 29.0 Å². The number of methoxy groups -OCH3 is 6. The van der Waals surface area contributed by atoms with E-state index in [1.165, 1.54) is 0 Å². The van der Waals surface area contributed by atoms with Gasteiger partial charge in [0.25, 0.3) is 0 Å². The van der Waals surface area contributed by atoms with Gasteiger partial charge >= 0.3 is 0 Å². The monoisotopic (exact) mass is 462 g/mol. The Labute approximate surface area is 196 Å². The summed E-state index contributed by atoms with van der Waals surface area (Å²) in [6.07, 6.45) is 1.83. The molecule has 2 aromatic carbocycles. The molecule has 1 heterocycles. The molecule has 0 bridgehead atoms. The Kier molecular flexibility index (Phi) is 10.3. The first kappa shape index (κ1) is 26.3. The van der Waals surface area contributed by atoms with E-state index in [0.29, 0.717) is 42.0 Å². The van der Waals surface area contributed by atoms with Crippen molar-refractivity contribution in [3.05, 3.63) is 41.0 Å². The van der Waals surface area contributed by atoms with E-state index in [0.717, 1.165) is 22.4 Å². The van der Waals surface area contributed by atoms with Gasteiger partial charge in [0, 0.05) is 24.3 Å². The second-order valence-electron chi connectivity index (χ2n) is 6.84. The first-order valence-electron chi connectivity index (χ1n) is 10.8. The molecule has 1 unspecified atom stereocenters. The largest absolute Gasteiger partial charge is 0.493 e. The molecule has 0 aromatic heterocycles. The predicted molar refractivity (Wildman–Crippen MR) is 127 cm³/mol. The van der Waals surface area contributed by atoms with Gasteiger partial charge < -0.3 is 33.2 Å². The van der Waals surface area contributed by atoms with Gasteiger partial charge in [-0.1, -0.05) is 19.9 Å². The zero-order valence-electron chi connectivity index (χ0n) is 20.8. The van der Waals surface area contributed by atoms with Crippen LogP contribution in [0, 0.1) is 0 Å². The van der Waals surface area contributed by atoms with Crippen LogP contribution in [0.1, 0.15) is 30.5 Å². The lowest BCUT2D eigenvalue weighted by atomic mass is 10.0. The zero-order valence-corrected chi connectivity index (χ0v) is 20.8. The summed E-state index contributed by atoms with van der Waals surface area (Å²) >= 11 is 0. The van der Waals surface area contributed by atoms with Crippen molar-refractivity contribution < 1.29 is 38.5 Å². The summed E-state index contributed by atoms with van der Waals surface area (Å²) in [6.45, 7) is 4.75. The average Bonchev–Trinajstić information content (AvgIpc) is 2.96. The van der Waals surface area contributed by atoms with E-state index in [2.05, 4.69) is 6.08 Å². The number of hydrogen-bond donors (Lipinski definition) is 1. The molecule has 0 radical (unpaired) electrons. The van der Waals surface area contributed by atoms with Crippen molar-refractivity contribution in [1.82, 2.24) is 0 Å². The molecule has 182 valence electrons. The van der Waals surface area contributed by atoms with E-state index >= 15 is 0 Å². The van der Waals surface area contributed by atoms with Gasteiger partial charge in [0.1, 0.15) is 12.3 Å². The third-order valence-corrected chi connectivity index (χ3v) is 5.19. The van der Waals surface area contributed by atoms with Gasteiger partial charge in [-0.2, -0.15) is 0 Å². The van der Waals surface area contributed by atoms with Gasteiger partial charge in [0.2, 0.25) is 12.0 Å². The minimum absolute atomic E-state index is 0.243. The van der Waals surface area contributed by atoms with Crippen LogP contribution in [0.2, 0.25) is 0 Å². The van der Waals surface area contributed by atoms with Crippen molar-refractivity contribution in [1.29, 1.82) is 0 Å². The van der Waals surface area contributed by atoms with Crippen molar-refractivity contribution in [3.63, 3.8) is 0 Å². The fourth-order valence-corrected chi connectivity index (χ4v) is 3.59. The summed E-state index contributed by atoms with van der Waals surface area (Å²) in [5.41, 5.74) is 3.66. The van der Waals surface area contributed by atoms with E-state index in [9.17, 15) is 0 Å². The molecule has 8 heteroatoms. The number of ether oxygens (including phenoxy) is 7. The predicted octanol–water partition coefficient (Wildman–Crippen LogP) is 3.32. The summed E-state index contributed by atoms with van der Waals surface area (Å²) in [5, 5.41) is 2.02. The van der Waals surface area contributed by atoms with Crippen LogP contribution in [0.25, 0.3) is 11.8 Å². The second-order valence-corrected chi connectivity index (χ2v) is 6.84. The van der Waals surface area contributed by atoms with Crippen molar-refractivity contribution in [2.24, 2.45) is 0 Å². The second kappa shape index (κ2) is 12.9. The topological polar surface area (TPSA) is 81.2 Å². The molecule has 8 nitrogen and oxygen atoms in total. The summed E-state index contributed by atoms with van der Waals surface area (Å²) in [6, 6.07) is 7.69. The van der Waals surface area contributed by atoms with Crippen LogP contribution in [0.4, 0.5) is 0 Å². The molecule has 0 saturated carbocycles. The molecule has 33 heavy (non-hydrogen) atoms. The van der Waals surface area contributed by atoms with Crippen molar-refractivity contribution in [2.45, 2.75) is 26.7 Å². The molecule has 2 aromatic rings. The highest BCUT2D eigenvalue weighted by Crippen LogP contribution is 2.40. The SMILES string of the molecule is CC.COc1cc(/C2=C/c3ccc(OC)c(OC)c3COCC(OC)[NH2+]2)cc(OC)c1OC. The molecule has 0 saturated heterocycles. The van der Waals surface area contributed by atoms with E-state index in [1.54, 1.807) is 42.7 Å². The van der Waals surface area contributed by atoms with Gasteiger partial charge in [-0.05, 0) is 23.8 Å². The van der Waals surface area contributed by atoms with Crippen LogP contribution in [0.3, 0.4) is 0 Å². The minimum Gasteiger partial charge on any atom is -0.493 e. The molecule has 0 aliphatic carbocycles. The maximum absolute atomic E-state index is 5.94. The van der Waals surface area contributed by atoms with E-state index in [-0.39, 0.29) is 6.23 Å². The summed E-state index contributed by atoms with van der Waals surface area (Å²) in [7, 11) is 9.68. The van der Waals surface area contributed by atoms with Gasteiger partial charge in [-0.15, -0.1) is 0 Å². The normalized spacial score (nSPS) is 17.0. The van der Waals surface area contributed by atoms with Crippen LogP contribution in [-0.4, -0.2) is 55.5 Å². The van der Waals surface area contributed by atoms with E-state index < -0.39 is 0 Å². The molecule has 3 rings (SSSR count). The Morgan fingerprint density at radius 3 is 1.91 bits per heavy atom. The Morgan fingerprint density at radius 2 is 1.39 bits per heavy atom. The summed E-state index contributed by atoms with van der Waals surface area (Å²) < 4.78 is 39.2.